The lowest BCUT2D eigenvalue weighted by atomic mass is 9.75. The highest BCUT2D eigenvalue weighted by Gasteiger charge is 2.40. The van der Waals surface area contributed by atoms with Crippen LogP contribution in [0.2, 0.25) is 0 Å². The fourth-order valence-electron chi connectivity index (χ4n) is 6.04. The van der Waals surface area contributed by atoms with E-state index in [4.69, 9.17) is 9.73 Å². The summed E-state index contributed by atoms with van der Waals surface area (Å²) in [7, 11) is -3.27. The van der Waals surface area contributed by atoms with Gasteiger partial charge in [-0.1, -0.05) is 20.8 Å². The summed E-state index contributed by atoms with van der Waals surface area (Å²) in [5.41, 5.74) is 2.58. The van der Waals surface area contributed by atoms with Crippen LogP contribution in [0.25, 0.3) is 5.57 Å². The van der Waals surface area contributed by atoms with Crippen molar-refractivity contribution in [3.05, 3.63) is 41.0 Å². The Balaban J connectivity index is 1.68. The first-order chi connectivity index (χ1) is 19.3. The van der Waals surface area contributed by atoms with E-state index in [9.17, 15) is 18.5 Å². The van der Waals surface area contributed by atoms with Gasteiger partial charge in [-0.2, -0.15) is 5.26 Å². The smallest absolute Gasteiger partial charge is 0.343 e. The van der Waals surface area contributed by atoms with Crippen LogP contribution in [0, 0.1) is 42.9 Å². The van der Waals surface area contributed by atoms with Crippen molar-refractivity contribution < 1.29 is 17.9 Å². The number of ether oxygens (including phenoxy) is 1. The molecule has 1 aromatic carbocycles. The Morgan fingerprint density at radius 3 is 2.49 bits per heavy atom. The van der Waals surface area contributed by atoms with Crippen molar-refractivity contribution in [3.8, 4) is 6.07 Å². The lowest BCUT2D eigenvalue weighted by Crippen LogP contribution is -2.38. The Hall–Kier alpha value is -3.56. The number of aromatic nitrogens is 3. The molecule has 2 aliphatic rings. The van der Waals surface area contributed by atoms with Gasteiger partial charge in [-0.25, -0.2) is 22.9 Å². The van der Waals surface area contributed by atoms with Crippen molar-refractivity contribution in [2.24, 2.45) is 22.7 Å². The number of allylic oxidation sites excluding steroid dienone is 1. The van der Waals surface area contributed by atoms with E-state index in [0.29, 0.717) is 30.5 Å². The number of esters is 1. The fourth-order valence-corrected chi connectivity index (χ4v) is 6.50. The summed E-state index contributed by atoms with van der Waals surface area (Å²) in [5, 5.41) is 18.4. The van der Waals surface area contributed by atoms with Crippen LogP contribution in [0.4, 0.5) is 11.4 Å². The number of nitrogens with zero attached hydrogens (tertiary/aromatic N) is 6. The van der Waals surface area contributed by atoms with Crippen LogP contribution in [0.5, 0.6) is 0 Å². The number of carbonyl (C=O) groups is 1. The Morgan fingerprint density at radius 1 is 1.22 bits per heavy atom. The second-order valence-corrected chi connectivity index (χ2v) is 13.2. The van der Waals surface area contributed by atoms with Gasteiger partial charge in [0.25, 0.3) is 0 Å². The van der Waals surface area contributed by atoms with Crippen LogP contribution in [0.1, 0.15) is 57.7 Å². The minimum absolute atomic E-state index is 0.101. The molecule has 0 bridgehead atoms. The van der Waals surface area contributed by atoms with Gasteiger partial charge in [-0.05, 0) is 75.1 Å². The molecule has 0 saturated heterocycles. The first-order valence-electron chi connectivity index (χ1n) is 14.0. The maximum atomic E-state index is 13.7. The molecule has 4 rings (SSSR count). The highest BCUT2D eigenvalue weighted by molar-refractivity contribution is 7.88. The van der Waals surface area contributed by atoms with Crippen LogP contribution in [-0.2, 0) is 19.6 Å². The molecule has 0 amide bonds. The van der Waals surface area contributed by atoms with E-state index in [2.05, 4.69) is 46.7 Å². The Morgan fingerprint density at radius 2 is 1.90 bits per heavy atom. The van der Waals surface area contributed by atoms with Crippen LogP contribution in [-0.4, -0.2) is 67.0 Å². The number of anilines is 1. The van der Waals surface area contributed by atoms with Gasteiger partial charge in [0.2, 0.25) is 10.0 Å². The third-order valence-corrected chi connectivity index (χ3v) is 8.59. The molecule has 1 fully saturated rings. The maximum absolute atomic E-state index is 13.7. The van der Waals surface area contributed by atoms with Crippen molar-refractivity contribution in [1.82, 2.24) is 19.5 Å². The van der Waals surface area contributed by atoms with E-state index >= 15 is 0 Å². The van der Waals surface area contributed by atoms with E-state index in [-0.39, 0.29) is 47.3 Å². The molecule has 1 saturated carbocycles. The second kappa shape index (κ2) is 12.1. The number of nitriles is 1. The molecule has 1 aliphatic carbocycles. The topological polar surface area (TPSA) is 143 Å². The summed E-state index contributed by atoms with van der Waals surface area (Å²) in [4.78, 5) is 20.7. The van der Waals surface area contributed by atoms with E-state index in [0.717, 1.165) is 30.3 Å². The van der Waals surface area contributed by atoms with Crippen LogP contribution < -0.4 is 9.62 Å². The maximum Gasteiger partial charge on any atom is 0.343 e. The highest BCUT2D eigenvalue weighted by atomic mass is 32.2. The molecule has 11 nitrogen and oxygen atoms in total. The van der Waals surface area contributed by atoms with Crippen molar-refractivity contribution >= 4 is 38.8 Å². The zero-order chi connectivity index (χ0) is 30.1. The third-order valence-electron chi connectivity index (χ3n) is 7.86. The monoisotopic (exact) mass is 581 g/mol. The number of nitrogens with one attached hydrogen (secondary N) is 1. The van der Waals surface area contributed by atoms with Crippen LogP contribution in [0.3, 0.4) is 0 Å². The summed E-state index contributed by atoms with van der Waals surface area (Å²) in [6.07, 6.45) is 2.84. The minimum atomic E-state index is -3.27. The van der Waals surface area contributed by atoms with Gasteiger partial charge >= 0.3 is 5.97 Å². The molecule has 1 aliphatic heterocycles. The Labute approximate surface area is 242 Å². The quantitative estimate of drug-likeness (QED) is 0.441. The van der Waals surface area contributed by atoms with Gasteiger partial charge in [0.15, 0.2) is 11.7 Å². The number of fused-ring (bicyclic) bond motifs is 1. The van der Waals surface area contributed by atoms with Gasteiger partial charge in [0.05, 0.1) is 11.9 Å². The van der Waals surface area contributed by atoms with Gasteiger partial charge in [0.1, 0.15) is 29.1 Å². The molecule has 1 N–H and O–H groups in total. The molecule has 2 heterocycles. The summed E-state index contributed by atoms with van der Waals surface area (Å²) in [6.45, 7) is 13.6. The lowest BCUT2D eigenvalue weighted by molar-refractivity contribution is -0.152. The molecule has 0 spiro atoms. The minimum Gasteiger partial charge on any atom is -0.458 e. The number of aliphatic imine (C=N–C) groups is 1. The average Bonchev–Trinajstić information content (AvgIpc) is 3.42. The molecule has 2 atom stereocenters. The summed E-state index contributed by atoms with van der Waals surface area (Å²) < 4.78 is 33.2. The summed E-state index contributed by atoms with van der Waals surface area (Å²) in [6, 6.07) is 7.87. The number of sulfonamides is 1. The molecule has 220 valence electrons. The first kappa shape index (κ1) is 30.4. The van der Waals surface area contributed by atoms with Crippen molar-refractivity contribution in [1.29, 1.82) is 5.26 Å². The number of hydrogen-bond donors (Lipinski definition) is 1. The Kier molecular flexibility index (Phi) is 8.99. The predicted octanol–water partition coefficient (Wildman–Crippen LogP) is 3.75. The SMILES string of the molecule is CCN(CCNS(C)(=O)=O)c1ccc(N=C2C(C(=O)OC3C(C)CC(C)CC3C)=C(C#N)c3nnc(C)n32)c(C)c1. The van der Waals surface area contributed by atoms with Crippen molar-refractivity contribution in [2.75, 3.05) is 30.8 Å². The van der Waals surface area contributed by atoms with Crippen LogP contribution >= 0.6 is 0 Å². The molecule has 0 radical (unpaired) electrons. The number of aryl methyl sites for hydroxylation is 2. The number of rotatable bonds is 9. The van der Waals surface area contributed by atoms with Gasteiger partial charge in [-0.3, -0.25) is 4.57 Å². The predicted molar refractivity (Wildman–Crippen MR) is 158 cm³/mol. The summed E-state index contributed by atoms with van der Waals surface area (Å²) >= 11 is 0. The third kappa shape index (κ3) is 6.52. The standard InChI is InChI=1S/C29H39N7O4S/c1-8-35(12-11-31-41(7,38)39)22-9-10-24(18(3)15-22)32-28-25(23(16-30)27-34-33-21(6)36(27)28)29(37)40-26-19(4)13-17(2)14-20(26)5/h9-10,15,17,19-20,26,31H,8,11-14H2,1-7H3. The molecular formula is C29H39N7O4S. The zero-order valence-electron chi connectivity index (χ0n) is 24.8. The number of benzene rings is 1. The van der Waals surface area contributed by atoms with Gasteiger partial charge in [-0.15, -0.1) is 10.2 Å². The fraction of sp³-hybridized carbons (Fsp3) is 0.552. The highest BCUT2D eigenvalue weighted by Crippen LogP contribution is 2.37. The van der Waals surface area contributed by atoms with E-state index in [1.54, 1.807) is 11.5 Å². The number of carbonyl (C=O) groups excluding carboxylic acids is 1. The average molecular weight is 582 g/mol. The molecule has 1 aromatic heterocycles. The number of hydrogen-bond acceptors (Lipinski definition) is 9. The van der Waals surface area contributed by atoms with Crippen molar-refractivity contribution in [3.63, 3.8) is 0 Å². The normalized spacial score (nSPS) is 23.4. The lowest BCUT2D eigenvalue weighted by Gasteiger charge is -2.37. The van der Waals surface area contributed by atoms with E-state index in [1.165, 1.54) is 0 Å². The molecule has 2 unspecified atom stereocenters. The zero-order valence-corrected chi connectivity index (χ0v) is 25.6. The molecule has 41 heavy (non-hydrogen) atoms. The molecular weight excluding hydrogens is 542 g/mol. The van der Waals surface area contributed by atoms with Gasteiger partial charge < -0.3 is 9.64 Å². The van der Waals surface area contributed by atoms with Gasteiger partial charge in [0, 0.05) is 25.3 Å². The molecule has 2 aromatic rings. The Bertz CT molecular complexity index is 1520. The van der Waals surface area contributed by atoms with E-state index in [1.807, 2.05) is 32.0 Å². The van der Waals surface area contributed by atoms with Crippen molar-refractivity contribution in [2.45, 2.75) is 60.5 Å². The number of likely N-dealkylation sites (N-methyl/N-ethyl adjacent to an activating group) is 1. The molecule has 12 heteroatoms. The first-order valence-corrected chi connectivity index (χ1v) is 15.9. The summed E-state index contributed by atoms with van der Waals surface area (Å²) in [5.74, 6) is 1.45. The van der Waals surface area contributed by atoms with Crippen LogP contribution in [0.15, 0.2) is 28.8 Å². The van der Waals surface area contributed by atoms with E-state index < -0.39 is 16.0 Å². The largest absolute Gasteiger partial charge is 0.458 e. The second-order valence-electron chi connectivity index (χ2n) is 11.3.